The molecule has 0 aliphatic rings. The predicted octanol–water partition coefficient (Wildman–Crippen LogP) is 4.11. The Bertz CT molecular complexity index is 546. The summed E-state index contributed by atoms with van der Waals surface area (Å²) in [4.78, 5) is 0. The zero-order valence-electron chi connectivity index (χ0n) is 10.00. The van der Waals surface area contributed by atoms with Gasteiger partial charge in [0.15, 0.2) is 0 Å². The Kier molecular flexibility index (Phi) is 4.58. The maximum atomic E-state index is 13.4. The third-order valence-electron chi connectivity index (χ3n) is 2.43. The van der Waals surface area contributed by atoms with Crippen molar-refractivity contribution >= 4 is 17.3 Å². The van der Waals surface area contributed by atoms with Gasteiger partial charge in [-0.3, -0.25) is 0 Å². The second-order valence-electron chi connectivity index (χ2n) is 3.85. The highest BCUT2D eigenvalue weighted by molar-refractivity contribution is 6.30. The lowest BCUT2D eigenvalue weighted by Gasteiger charge is -2.09. The molecule has 0 fully saturated rings. The molecule has 0 spiro atoms. The Hall–Kier alpha value is -1.81. The van der Waals surface area contributed by atoms with Crippen LogP contribution in [-0.4, -0.2) is 13.2 Å². The summed E-state index contributed by atoms with van der Waals surface area (Å²) in [6, 6.07) is 10.0. The first-order chi connectivity index (χ1) is 9.15. The van der Waals surface area contributed by atoms with Crippen molar-refractivity contribution in [1.29, 1.82) is 0 Å². The fourth-order valence-corrected chi connectivity index (χ4v) is 1.69. The minimum Gasteiger partial charge on any atom is -0.492 e. The van der Waals surface area contributed by atoms with Gasteiger partial charge in [0.1, 0.15) is 24.0 Å². The summed E-state index contributed by atoms with van der Waals surface area (Å²) >= 11 is 5.77. The van der Waals surface area contributed by atoms with Crippen molar-refractivity contribution in [3.05, 3.63) is 59.1 Å². The van der Waals surface area contributed by atoms with Crippen LogP contribution in [0, 0.1) is 11.6 Å². The number of nitrogens with one attached hydrogen (secondary N) is 1. The lowest BCUT2D eigenvalue weighted by molar-refractivity contribution is 0.332. The fraction of sp³-hybridized carbons (Fsp3) is 0.143. The molecule has 0 bridgehead atoms. The fourth-order valence-electron chi connectivity index (χ4n) is 1.52. The smallest absolute Gasteiger partial charge is 0.146 e. The number of benzene rings is 2. The molecule has 100 valence electrons. The van der Waals surface area contributed by atoms with Gasteiger partial charge in [-0.25, -0.2) is 8.78 Å². The maximum Gasteiger partial charge on any atom is 0.146 e. The van der Waals surface area contributed by atoms with Gasteiger partial charge in [0.2, 0.25) is 0 Å². The Morgan fingerprint density at radius 1 is 1.05 bits per heavy atom. The van der Waals surface area contributed by atoms with Gasteiger partial charge in [0.25, 0.3) is 0 Å². The Labute approximate surface area is 115 Å². The van der Waals surface area contributed by atoms with Gasteiger partial charge in [-0.05, 0) is 42.5 Å². The monoisotopic (exact) mass is 283 g/mol. The third kappa shape index (κ3) is 4.10. The molecule has 0 saturated heterocycles. The van der Waals surface area contributed by atoms with Crippen LogP contribution in [0.25, 0.3) is 0 Å². The van der Waals surface area contributed by atoms with E-state index in [1.54, 1.807) is 0 Å². The van der Waals surface area contributed by atoms with Crippen molar-refractivity contribution < 1.29 is 13.5 Å². The molecule has 0 atom stereocenters. The first-order valence-corrected chi connectivity index (χ1v) is 6.10. The molecule has 0 aromatic heterocycles. The summed E-state index contributed by atoms with van der Waals surface area (Å²) in [5.41, 5.74) is 0.329. The van der Waals surface area contributed by atoms with Crippen LogP contribution in [-0.2, 0) is 0 Å². The van der Waals surface area contributed by atoms with Crippen molar-refractivity contribution in [2.75, 3.05) is 18.5 Å². The van der Waals surface area contributed by atoms with Crippen LogP contribution in [0.3, 0.4) is 0 Å². The Morgan fingerprint density at radius 2 is 1.79 bits per heavy atom. The lowest BCUT2D eigenvalue weighted by atomic mass is 10.3. The van der Waals surface area contributed by atoms with Gasteiger partial charge in [-0.1, -0.05) is 11.6 Å². The molecule has 0 heterocycles. The third-order valence-corrected chi connectivity index (χ3v) is 2.66. The number of rotatable bonds is 5. The van der Waals surface area contributed by atoms with E-state index in [1.807, 2.05) is 0 Å². The number of hydrogen-bond acceptors (Lipinski definition) is 2. The standard InChI is InChI=1S/C14H12ClF2NO/c15-10-1-6-13(17)14(9-10)18-7-8-19-12-4-2-11(16)3-5-12/h1-6,9,18H,7-8H2. The summed E-state index contributed by atoms with van der Waals surface area (Å²) in [6.07, 6.45) is 0. The van der Waals surface area contributed by atoms with Gasteiger partial charge >= 0.3 is 0 Å². The van der Waals surface area contributed by atoms with Gasteiger partial charge in [-0.15, -0.1) is 0 Å². The van der Waals surface area contributed by atoms with E-state index in [1.165, 1.54) is 42.5 Å². The molecular formula is C14H12ClF2NO. The second kappa shape index (κ2) is 6.38. The average Bonchev–Trinajstić information content (AvgIpc) is 2.40. The van der Waals surface area contributed by atoms with E-state index in [9.17, 15) is 8.78 Å². The van der Waals surface area contributed by atoms with E-state index in [0.29, 0.717) is 29.6 Å². The summed E-state index contributed by atoms with van der Waals surface area (Å²) in [7, 11) is 0. The normalized spacial score (nSPS) is 10.3. The summed E-state index contributed by atoms with van der Waals surface area (Å²) in [5, 5.41) is 3.34. The van der Waals surface area contributed by atoms with Crippen LogP contribution in [0.1, 0.15) is 0 Å². The maximum absolute atomic E-state index is 13.4. The summed E-state index contributed by atoms with van der Waals surface area (Å²) in [6.45, 7) is 0.742. The topological polar surface area (TPSA) is 21.3 Å². The highest BCUT2D eigenvalue weighted by Crippen LogP contribution is 2.19. The number of halogens is 3. The molecule has 2 rings (SSSR count). The van der Waals surface area contributed by atoms with E-state index < -0.39 is 0 Å². The molecule has 0 aliphatic heterocycles. The summed E-state index contributed by atoms with van der Waals surface area (Å²) in [5.74, 6) is -0.118. The van der Waals surface area contributed by atoms with Crippen molar-refractivity contribution in [3.8, 4) is 5.75 Å². The Morgan fingerprint density at radius 3 is 2.53 bits per heavy atom. The van der Waals surface area contributed by atoms with Crippen LogP contribution >= 0.6 is 11.6 Å². The van der Waals surface area contributed by atoms with Crippen LogP contribution in [0.5, 0.6) is 5.75 Å². The van der Waals surface area contributed by atoms with E-state index >= 15 is 0 Å². The molecule has 0 amide bonds. The molecule has 0 aliphatic carbocycles. The summed E-state index contributed by atoms with van der Waals surface area (Å²) < 4.78 is 31.4. The molecular weight excluding hydrogens is 272 g/mol. The molecule has 1 N–H and O–H groups in total. The molecule has 0 radical (unpaired) electrons. The van der Waals surface area contributed by atoms with E-state index in [0.717, 1.165) is 0 Å². The predicted molar refractivity (Wildman–Crippen MR) is 71.8 cm³/mol. The second-order valence-corrected chi connectivity index (χ2v) is 4.29. The molecule has 5 heteroatoms. The van der Waals surface area contributed by atoms with Crippen LogP contribution in [0.2, 0.25) is 5.02 Å². The van der Waals surface area contributed by atoms with Gasteiger partial charge in [0, 0.05) is 11.6 Å². The minimum atomic E-state index is -0.369. The van der Waals surface area contributed by atoms with Gasteiger partial charge < -0.3 is 10.1 Å². The van der Waals surface area contributed by atoms with Crippen LogP contribution in [0.4, 0.5) is 14.5 Å². The van der Waals surface area contributed by atoms with Crippen molar-refractivity contribution in [2.24, 2.45) is 0 Å². The highest BCUT2D eigenvalue weighted by atomic mass is 35.5. The van der Waals surface area contributed by atoms with Crippen LogP contribution < -0.4 is 10.1 Å². The highest BCUT2D eigenvalue weighted by Gasteiger charge is 2.02. The van der Waals surface area contributed by atoms with Crippen molar-refractivity contribution in [1.82, 2.24) is 0 Å². The first-order valence-electron chi connectivity index (χ1n) is 5.72. The van der Waals surface area contributed by atoms with E-state index in [4.69, 9.17) is 16.3 Å². The van der Waals surface area contributed by atoms with E-state index in [-0.39, 0.29) is 11.6 Å². The molecule has 0 unspecified atom stereocenters. The molecule has 2 aromatic carbocycles. The number of ether oxygens (including phenoxy) is 1. The zero-order chi connectivity index (χ0) is 13.7. The SMILES string of the molecule is Fc1ccc(OCCNc2cc(Cl)ccc2F)cc1. The Balaban J connectivity index is 1.80. The van der Waals surface area contributed by atoms with E-state index in [2.05, 4.69) is 5.32 Å². The average molecular weight is 284 g/mol. The van der Waals surface area contributed by atoms with Gasteiger partial charge in [-0.2, -0.15) is 0 Å². The molecule has 0 saturated carbocycles. The molecule has 2 nitrogen and oxygen atoms in total. The van der Waals surface area contributed by atoms with Gasteiger partial charge in [0.05, 0.1) is 5.69 Å². The first kappa shape index (κ1) is 13.6. The zero-order valence-corrected chi connectivity index (χ0v) is 10.8. The van der Waals surface area contributed by atoms with Crippen LogP contribution in [0.15, 0.2) is 42.5 Å². The molecule has 2 aromatic rings. The number of anilines is 1. The molecule has 19 heavy (non-hydrogen) atoms. The largest absolute Gasteiger partial charge is 0.492 e. The van der Waals surface area contributed by atoms with Crippen molar-refractivity contribution in [2.45, 2.75) is 0 Å². The number of hydrogen-bond donors (Lipinski definition) is 1. The van der Waals surface area contributed by atoms with Crippen molar-refractivity contribution in [3.63, 3.8) is 0 Å². The quantitative estimate of drug-likeness (QED) is 0.834. The minimum absolute atomic E-state index is 0.313. The lowest BCUT2D eigenvalue weighted by Crippen LogP contribution is -2.12.